The Morgan fingerprint density at radius 1 is 1.29 bits per heavy atom. The molecule has 1 aliphatic rings. The smallest absolute Gasteiger partial charge is 0.276 e. The zero-order valence-electron chi connectivity index (χ0n) is 16.6. The molecule has 0 bridgehead atoms. The van der Waals surface area contributed by atoms with E-state index in [2.05, 4.69) is 29.2 Å². The van der Waals surface area contributed by atoms with Gasteiger partial charge in [-0.1, -0.05) is 17.3 Å². The minimum Gasteiger partial charge on any atom is -0.508 e. The average Bonchev–Trinajstić information content (AvgIpc) is 3.20. The number of rotatable bonds is 8. The van der Waals surface area contributed by atoms with E-state index in [1.807, 2.05) is 28.8 Å². The molecule has 0 aliphatic carbocycles. The van der Waals surface area contributed by atoms with Crippen LogP contribution in [-0.4, -0.2) is 80.0 Å². The van der Waals surface area contributed by atoms with Gasteiger partial charge >= 0.3 is 0 Å². The molecule has 1 amide bonds. The van der Waals surface area contributed by atoms with E-state index in [0.717, 1.165) is 44.0 Å². The summed E-state index contributed by atoms with van der Waals surface area (Å²) >= 11 is 1.88. The number of phenolic OH excluding ortho intramolecular Hbond substituents is 1. The first-order valence-electron chi connectivity index (χ1n) is 9.78. The highest BCUT2D eigenvalue weighted by atomic mass is 32.2. The van der Waals surface area contributed by atoms with E-state index in [4.69, 9.17) is 0 Å². The lowest BCUT2D eigenvalue weighted by molar-refractivity contribution is 0.0766. The van der Waals surface area contributed by atoms with Crippen molar-refractivity contribution >= 4 is 17.7 Å². The fraction of sp³-hybridized carbons (Fsp3) is 0.550. The van der Waals surface area contributed by atoms with E-state index in [1.54, 1.807) is 23.0 Å². The molecule has 1 fully saturated rings. The van der Waals surface area contributed by atoms with Crippen LogP contribution in [-0.2, 0) is 13.0 Å². The van der Waals surface area contributed by atoms with Crippen LogP contribution in [0.5, 0.6) is 5.75 Å². The molecule has 1 aliphatic heterocycles. The number of carbonyl (C=O) groups is 1. The summed E-state index contributed by atoms with van der Waals surface area (Å²) < 4.78 is 1.76. The number of nitrogens with zero attached hydrogens (tertiary/aromatic N) is 5. The molecule has 152 valence electrons. The monoisotopic (exact) mass is 403 g/mol. The van der Waals surface area contributed by atoms with Crippen molar-refractivity contribution in [3.63, 3.8) is 0 Å². The highest BCUT2D eigenvalue weighted by Crippen LogP contribution is 2.14. The zero-order chi connectivity index (χ0) is 19.9. The zero-order valence-corrected chi connectivity index (χ0v) is 17.4. The molecule has 3 rings (SSSR count). The second-order valence-electron chi connectivity index (χ2n) is 7.31. The number of hydrogen-bond acceptors (Lipinski definition) is 6. The molecule has 1 atom stereocenters. The number of likely N-dealkylation sites (N-methyl/N-ethyl adjacent to an activating group) is 1. The fourth-order valence-electron chi connectivity index (χ4n) is 3.17. The molecule has 1 N–H and O–H groups in total. The number of carbonyl (C=O) groups excluding carboxylic acids is 1. The average molecular weight is 404 g/mol. The number of benzene rings is 1. The lowest BCUT2D eigenvalue weighted by Gasteiger charge is -2.25. The van der Waals surface area contributed by atoms with E-state index in [0.29, 0.717) is 24.0 Å². The number of aromatic hydroxyl groups is 1. The summed E-state index contributed by atoms with van der Waals surface area (Å²) in [7, 11) is 2.11. The summed E-state index contributed by atoms with van der Waals surface area (Å²) in [5.74, 6) is 2.28. The summed E-state index contributed by atoms with van der Waals surface area (Å²) in [5, 5.41) is 17.6. The van der Waals surface area contributed by atoms with Crippen LogP contribution in [0.1, 0.15) is 29.4 Å². The van der Waals surface area contributed by atoms with Crippen LogP contribution in [0.4, 0.5) is 0 Å². The Morgan fingerprint density at radius 2 is 2.00 bits per heavy atom. The molecule has 0 saturated carbocycles. The standard InChI is InChI=1S/C20H29N5O2S/c1-16(3-4-17-5-7-18(26)8-6-17)23(2)9-10-25-15-19(21-22-25)20(27)24-11-13-28-14-12-24/h5-8,15-16,26H,3-4,9-14H2,1-2H3/t16-/m0/s1. The number of aryl methyl sites for hydroxylation is 1. The van der Waals surface area contributed by atoms with Crippen molar-refractivity contribution in [1.82, 2.24) is 24.8 Å². The van der Waals surface area contributed by atoms with E-state index in [9.17, 15) is 9.90 Å². The molecule has 2 heterocycles. The first kappa shape index (κ1) is 20.7. The van der Waals surface area contributed by atoms with Crippen LogP contribution in [0.3, 0.4) is 0 Å². The van der Waals surface area contributed by atoms with E-state index < -0.39 is 0 Å². The summed E-state index contributed by atoms with van der Waals surface area (Å²) in [6.45, 7) is 5.34. The van der Waals surface area contributed by atoms with Crippen LogP contribution in [0.2, 0.25) is 0 Å². The Balaban J connectivity index is 1.43. The summed E-state index contributed by atoms with van der Waals surface area (Å²) in [5.41, 5.74) is 1.67. The van der Waals surface area contributed by atoms with Gasteiger partial charge in [-0.25, -0.2) is 0 Å². The van der Waals surface area contributed by atoms with E-state index >= 15 is 0 Å². The SMILES string of the molecule is C[C@@H](CCc1ccc(O)cc1)N(C)CCn1cc(C(=O)N2CCSCC2)nn1. The van der Waals surface area contributed by atoms with Crippen LogP contribution >= 0.6 is 11.8 Å². The molecule has 1 aromatic heterocycles. The first-order chi connectivity index (χ1) is 13.5. The maximum Gasteiger partial charge on any atom is 0.276 e. The lowest BCUT2D eigenvalue weighted by Crippen LogP contribution is -2.38. The predicted octanol–water partition coefficient (Wildman–Crippen LogP) is 2.13. The molecule has 0 spiro atoms. The Hall–Kier alpha value is -2.06. The fourth-order valence-corrected chi connectivity index (χ4v) is 4.08. The lowest BCUT2D eigenvalue weighted by atomic mass is 10.1. The van der Waals surface area contributed by atoms with Gasteiger partial charge in [0, 0.05) is 37.2 Å². The number of phenols is 1. The van der Waals surface area contributed by atoms with Crippen LogP contribution < -0.4 is 0 Å². The van der Waals surface area contributed by atoms with Crippen molar-refractivity contribution in [2.24, 2.45) is 0 Å². The third kappa shape index (κ3) is 5.72. The minimum absolute atomic E-state index is 0.0119. The Bertz CT molecular complexity index is 758. The van der Waals surface area contributed by atoms with Gasteiger partial charge in [0.25, 0.3) is 5.91 Å². The van der Waals surface area contributed by atoms with Crippen LogP contribution in [0.15, 0.2) is 30.5 Å². The first-order valence-corrected chi connectivity index (χ1v) is 10.9. The topological polar surface area (TPSA) is 74.5 Å². The second kappa shape index (κ2) is 9.93. The molecule has 1 saturated heterocycles. The van der Waals surface area contributed by atoms with Gasteiger partial charge in [0.15, 0.2) is 5.69 Å². The third-order valence-corrected chi connectivity index (χ3v) is 6.22. The molecule has 0 radical (unpaired) electrons. The molecule has 1 aromatic carbocycles. The number of amides is 1. The van der Waals surface area contributed by atoms with Gasteiger partial charge in [-0.2, -0.15) is 11.8 Å². The third-order valence-electron chi connectivity index (χ3n) is 5.28. The van der Waals surface area contributed by atoms with Crippen molar-refractivity contribution < 1.29 is 9.90 Å². The molecular formula is C20H29N5O2S. The molecule has 28 heavy (non-hydrogen) atoms. The van der Waals surface area contributed by atoms with Crippen molar-refractivity contribution in [3.05, 3.63) is 41.7 Å². The maximum atomic E-state index is 12.5. The van der Waals surface area contributed by atoms with Gasteiger partial charge < -0.3 is 14.9 Å². The summed E-state index contributed by atoms with van der Waals surface area (Å²) in [6, 6.07) is 7.82. The molecular weight excluding hydrogens is 374 g/mol. The highest BCUT2D eigenvalue weighted by molar-refractivity contribution is 7.99. The Kier molecular flexibility index (Phi) is 7.33. The minimum atomic E-state index is -0.0119. The second-order valence-corrected chi connectivity index (χ2v) is 8.53. The number of aromatic nitrogens is 3. The largest absolute Gasteiger partial charge is 0.508 e. The highest BCUT2D eigenvalue weighted by Gasteiger charge is 2.21. The van der Waals surface area contributed by atoms with Crippen molar-refractivity contribution in [2.75, 3.05) is 38.2 Å². The van der Waals surface area contributed by atoms with Gasteiger partial charge in [-0.05, 0) is 44.5 Å². The van der Waals surface area contributed by atoms with Gasteiger partial charge in [0.2, 0.25) is 0 Å². The Morgan fingerprint density at radius 3 is 2.71 bits per heavy atom. The molecule has 0 unspecified atom stereocenters. The summed E-state index contributed by atoms with van der Waals surface area (Å²) in [6.07, 6.45) is 3.77. The normalized spacial score (nSPS) is 15.8. The van der Waals surface area contributed by atoms with Gasteiger partial charge in [-0.15, -0.1) is 5.10 Å². The van der Waals surface area contributed by atoms with Crippen LogP contribution in [0.25, 0.3) is 0 Å². The molecule has 7 nitrogen and oxygen atoms in total. The molecule has 2 aromatic rings. The van der Waals surface area contributed by atoms with Gasteiger partial charge in [0.1, 0.15) is 5.75 Å². The quantitative estimate of drug-likeness (QED) is 0.728. The van der Waals surface area contributed by atoms with Crippen molar-refractivity contribution in [2.45, 2.75) is 32.4 Å². The van der Waals surface area contributed by atoms with Crippen molar-refractivity contribution in [1.29, 1.82) is 0 Å². The molecule has 8 heteroatoms. The number of hydrogen-bond donors (Lipinski definition) is 1. The van der Waals surface area contributed by atoms with Gasteiger partial charge in [-0.3, -0.25) is 9.48 Å². The van der Waals surface area contributed by atoms with E-state index in [1.165, 1.54) is 5.56 Å². The van der Waals surface area contributed by atoms with Crippen molar-refractivity contribution in [3.8, 4) is 5.75 Å². The van der Waals surface area contributed by atoms with Crippen LogP contribution in [0, 0.1) is 0 Å². The maximum absolute atomic E-state index is 12.5. The predicted molar refractivity (Wildman–Crippen MR) is 112 cm³/mol. The Labute approximate surface area is 170 Å². The number of thioether (sulfide) groups is 1. The summed E-state index contributed by atoms with van der Waals surface area (Å²) in [4.78, 5) is 16.6. The van der Waals surface area contributed by atoms with E-state index in [-0.39, 0.29) is 5.91 Å². The van der Waals surface area contributed by atoms with Gasteiger partial charge in [0.05, 0.1) is 12.7 Å².